The van der Waals surface area contributed by atoms with Crippen molar-refractivity contribution in [2.75, 3.05) is 16.4 Å². The average Bonchev–Trinajstić information content (AvgIpc) is 2.61. The Morgan fingerprint density at radius 3 is 2.36 bits per heavy atom. The first kappa shape index (κ1) is 21.4. The number of hydrogen-bond donors (Lipinski definition) is 4. The number of amides is 1. The van der Waals surface area contributed by atoms with Gasteiger partial charge in [-0.2, -0.15) is 0 Å². The Morgan fingerprint density at radius 2 is 1.79 bits per heavy atom. The fourth-order valence-electron chi connectivity index (χ4n) is 2.18. The summed E-state index contributed by atoms with van der Waals surface area (Å²) in [6.45, 7) is 7.81. The molecule has 9 heteroatoms. The van der Waals surface area contributed by atoms with Crippen LogP contribution in [0.2, 0.25) is 0 Å². The minimum Gasteiger partial charge on any atom is -0.444 e. The van der Waals surface area contributed by atoms with Gasteiger partial charge in [-0.1, -0.05) is 6.92 Å². The van der Waals surface area contributed by atoms with Gasteiger partial charge in [0.05, 0.1) is 18.4 Å². The number of thiocarbonyl (C=S) groups is 1. The van der Waals surface area contributed by atoms with E-state index in [0.29, 0.717) is 28.9 Å². The summed E-state index contributed by atoms with van der Waals surface area (Å²) in [6, 6.07) is 7.10. The zero-order chi connectivity index (χ0) is 20.7. The van der Waals surface area contributed by atoms with E-state index in [4.69, 9.17) is 22.7 Å². The van der Waals surface area contributed by atoms with E-state index in [2.05, 4.69) is 25.9 Å². The Kier molecular flexibility index (Phi) is 7.11. The molecule has 150 valence electrons. The Hall–Kier alpha value is -2.94. The van der Waals surface area contributed by atoms with E-state index in [-0.39, 0.29) is 0 Å². The Balaban J connectivity index is 1.86. The van der Waals surface area contributed by atoms with E-state index in [1.807, 2.05) is 27.7 Å². The zero-order valence-electron chi connectivity index (χ0n) is 16.5. The molecule has 0 atom stereocenters. The van der Waals surface area contributed by atoms with Crippen molar-refractivity contribution in [1.29, 1.82) is 0 Å². The van der Waals surface area contributed by atoms with Crippen molar-refractivity contribution >= 4 is 40.6 Å². The van der Waals surface area contributed by atoms with Crippen LogP contribution in [-0.2, 0) is 17.7 Å². The second kappa shape index (κ2) is 9.32. The van der Waals surface area contributed by atoms with Gasteiger partial charge in [-0.3, -0.25) is 10.3 Å². The molecule has 0 fully saturated rings. The van der Waals surface area contributed by atoms with Gasteiger partial charge in [0, 0.05) is 11.4 Å². The van der Waals surface area contributed by atoms with Crippen LogP contribution in [0.4, 0.5) is 22.0 Å². The first-order chi connectivity index (χ1) is 13.2. The fourth-order valence-corrected chi connectivity index (χ4v) is 2.37. The van der Waals surface area contributed by atoms with Crippen LogP contribution in [0, 0.1) is 0 Å². The molecule has 2 rings (SSSR count). The molecule has 0 saturated carbocycles. The minimum atomic E-state index is -0.548. The topological polar surface area (TPSA) is 114 Å². The Morgan fingerprint density at radius 1 is 1.18 bits per heavy atom. The van der Waals surface area contributed by atoms with E-state index >= 15 is 0 Å². The van der Waals surface area contributed by atoms with Gasteiger partial charge < -0.3 is 21.1 Å². The SMILES string of the molecule is CCc1cnc(N)c(CNC(=S)Nc2ccc(NC(=O)OC(C)(C)C)cc2)n1. The lowest BCUT2D eigenvalue weighted by Crippen LogP contribution is -2.29. The van der Waals surface area contributed by atoms with Crippen LogP contribution in [-0.4, -0.2) is 26.8 Å². The van der Waals surface area contributed by atoms with Crippen molar-refractivity contribution in [3.05, 3.63) is 41.9 Å². The number of nitrogens with zero attached hydrogens (tertiary/aromatic N) is 2. The number of nitrogens with one attached hydrogen (secondary N) is 3. The molecule has 0 aliphatic carbocycles. The molecule has 0 bridgehead atoms. The summed E-state index contributed by atoms with van der Waals surface area (Å²) < 4.78 is 5.22. The number of benzene rings is 1. The smallest absolute Gasteiger partial charge is 0.412 e. The molecular formula is C19H26N6O2S. The van der Waals surface area contributed by atoms with Gasteiger partial charge in [0.2, 0.25) is 0 Å². The third-order valence-electron chi connectivity index (χ3n) is 3.49. The molecular weight excluding hydrogens is 376 g/mol. The number of carbonyl (C=O) groups excluding carboxylic acids is 1. The maximum Gasteiger partial charge on any atom is 0.412 e. The van der Waals surface area contributed by atoms with Crippen molar-refractivity contribution in [2.24, 2.45) is 0 Å². The average molecular weight is 403 g/mol. The van der Waals surface area contributed by atoms with E-state index < -0.39 is 11.7 Å². The number of rotatable bonds is 5. The van der Waals surface area contributed by atoms with Crippen LogP contribution >= 0.6 is 12.2 Å². The summed E-state index contributed by atoms with van der Waals surface area (Å²) in [7, 11) is 0. The van der Waals surface area contributed by atoms with Crippen LogP contribution in [0.15, 0.2) is 30.5 Å². The van der Waals surface area contributed by atoms with E-state index in [9.17, 15) is 4.79 Å². The third kappa shape index (κ3) is 6.99. The molecule has 0 unspecified atom stereocenters. The molecule has 1 amide bonds. The van der Waals surface area contributed by atoms with Gasteiger partial charge in [0.1, 0.15) is 17.1 Å². The highest BCUT2D eigenvalue weighted by atomic mass is 32.1. The van der Waals surface area contributed by atoms with Crippen molar-refractivity contribution < 1.29 is 9.53 Å². The second-order valence-corrected chi connectivity index (χ2v) is 7.47. The fraction of sp³-hybridized carbons (Fsp3) is 0.368. The largest absolute Gasteiger partial charge is 0.444 e. The molecule has 0 saturated heterocycles. The number of aryl methyl sites for hydroxylation is 1. The van der Waals surface area contributed by atoms with Gasteiger partial charge >= 0.3 is 6.09 Å². The van der Waals surface area contributed by atoms with E-state index in [1.54, 1.807) is 30.5 Å². The number of hydrogen-bond acceptors (Lipinski definition) is 6. The molecule has 1 aromatic carbocycles. The van der Waals surface area contributed by atoms with Crippen molar-refractivity contribution in [1.82, 2.24) is 15.3 Å². The summed E-state index contributed by atoms with van der Waals surface area (Å²) in [5.74, 6) is 0.380. The summed E-state index contributed by atoms with van der Waals surface area (Å²) in [5.41, 5.74) is 8.23. The number of nitrogen functional groups attached to an aromatic ring is 1. The van der Waals surface area contributed by atoms with Gasteiger partial charge in [-0.05, 0) is 63.7 Å². The predicted octanol–water partition coefficient (Wildman–Crippen LogP) is 3.45. The normalized spacial score (nSPS) is 10.9. The van der Waals surface area contributed by atoms with Crippen LogP contribution in [0.25, 0.3) is 0 Å². The van der Waals surface area contributed by atoms with Gasteiger partial charge in [-0.15, -0.1) is 0 Å². The van der Waals surface area contributed by atoms with Gasteiger partial charge in [0.25, 0.3) is 0 Å². The molecule has 8 nitrogen and oxygen atoms in total. The van der Waals surface area contributed by atoms with Gasteiger partial charge in [-0.25, -0.2) is 9.78 Å². The Labute approximate surface area is 170 Å². The zero-order valence-corrected chi connectivity index (χ0v) is 17.3. The van der Waals surface area contributed by atoms with Crippen LogP contribution < -0.4 is 21.7 Å². The lowest BCUT2D eigenvalue weighted by molar-refractivity contribution is 0.0636. The summed E-state index contributed by atoms with van der Waals surface area (Å²) in [4.78, 5) is 20.4. The molecule has 0 spiro atoms. The quantitative estimate of drug-likeness (QED) is 0.562. The van der Waals surface area contributed by atoms with E-state index in [1.165, 1.54) is 0 Å². The lowest BCUT2D eigenvalue weighted by Gasteiger charge is -2.19. The number of ether oxygens (including phenoxy) is 1. The summed E-state index contributed by atoms with van der Waals surface area (Å²) in [6.07, 6.45) is 1.95. The highest BCUT2D eigenvalue weighted by molar-refractivity contribution is 7.80. The predicted molar refractivity (Wildman–Crippen MR) is 115 cm³/mol. The molecule has 0 radical (unpaired) electrons. The number of aromatic nitrogens is 2. The molecule has 5 N–H and O–H groups in total. The van der Waals surface area contributed by atoms with Crippen LogP contribution in [0.5, 0.6) is 0 Å². The molecule has 28 heavy (non-hydrogen) atoms. The van der Waals surface area contributed by atoms with Crippen LogP contribution in [0.1, 0.15) is 39.1 Å². The first-order valence-electron chi connectivity index (χ1n) is 8.91. The van der Waals surface area contributed by atoms with Crippen molar-refractivity contribution in [3.8, 4) is 0 Å². The maximum atomic E-state index is 11.8. The highest BCUT2D eigenvalue weighted by Gasteiger charge is 2.16. The minimum absolute atomic E-state index is 0.372. The molecule has 0 aliphatic heterocycles. The molecule has 1 heterocycles. The standard InChI is InChI=1S/C19H26N6O2S/c1-5-12-10-21-16(20)15(23-12)11-22-17(28)24-13-6-8-14(9-7-13)25-18(26)27-19(2,3)4/h6-10H,5,11H2,1-4H3,(H2,20,21)(H,25,26)(H2,22,24,28). The monoisotopic (exact) mass is 402 g/mol. The Bertz CT molecular complexity index is 833. The third-order valence-corrected chi connectivity index (χ3v) is 3.74. The second-order valence-electron chi connectivity index (χ2n) is 7.06. The van der Waals surface area contributed by atoms with E-state index in [0.717, 1.165) is 17.8 Å². The maximum absolute atomic E-state index is 11.8. The van der Waals surface area contributed by atoms with Crippen LogP contribution in [0.3, 0.4) is 0 Å². The number of anilines is 3. The number of carbonyl (C=O) groups is 1. The lowest BCUT2D eigenvalue weighted by atomic mass is 10.2. The molecule has 0 aliphatic rings. The first-order valence-corrected chi connectivity index (χ1v) is 9.32. The van der Waals surface area contributed by atoms with Crippen molar-refractivity contribution in [2.45, 2.75) is 46.3 Å². The summed E-state index contributed by atoms with van der Waals surface area (Å²) >= 11 is 5.30. The number of nitrogens with two attached hydrogens (primary N) is 1. The van der Waals surface area contributed by atoms with Crippen molar-refractivity contribution in [3.63, 3.8) is 0 Å². The highest BCUT2D eigenvalue weighted by Crippen LogP contribution is 2.15. The summed E-state index contributed by atoms with van der Waals surface area (Å²) in [5, 5.41) is 9.23. The van der Waals surface area contributed by atoms with Gasteiger partial charge in [0.15, 0.2) is 5.11 Å². The molecule has 2 aromatic rings. The molecule has 1 aromatic heterocycles.